The standard InChI is InChI=1S/C4H11NS/c1-2-4(5)3-6/h4,6H,2-3,5H2,1H3/t4-/m1/s1. The summed E-state index contributed by atoms with van der Waals surface area (Å²) in [6, 6.07) is 0.299. The Bertz CT molecular complexity index is 26.7. The van der Waals surface area contributed by atoms with Gasteiger partial charge in [0.2, 0.25) is 0 Å². The molecule has 0 aliphatic carbocycles. The van der Waals surface area contributed by atoms with Crippen LogP contribution in [0.3, 0.4) is 0 Å². The van der Waals surface area contributed by atoms with Crippen LogP contribution in [0.25, 0.3) is 0 Å². The summed E-state index contributed by atoms with van der Waals surface area (Å²) in [5.41, 5.74) is 5.40. The van der Waals surface area contributed by atoms with Crippen LogP contribution in [0.4, 0.5) is 0 Å². The molecule has 0 aliphatic rings. The van der Waals surface area contributed by atoms with Gasteiger partial charge in [0.25, 0.3) is 0 Å². The summed E-state index contributed by atoms with van der Waals surface area (Å²) in [6.07, 6.45) is 1.03. The van der Waals surface area contributed by atoms with Crippen molar-refractivity contribution in [2.45, 2.75) is 19.4 Å². The molecule has 0 aliphatic heterocycles. The lowest BCUT2D eigenvalue weighted by molar-refractivity contribution is 0.727. The van der Waals surface area contributed by atoms with Crippen LogP contribution in [0.1, 0.15) is 13.3 Å². The molecule has 0 rings (SSSR count). The Morgan fingerprint density at radius 2 is 2.33 bits per heavy atom. The Morgan fingerprint density at radius 1 is 1.83 bits per heavy atom. The minimum Gasteiger partial charge on any atom is -0.327 e. The molecule has 0 radical (unpaired) electrons. The zero-order chi connectivity index (χ0) is 4.99. The van der Waals surface area contributed by atoms with Crippen LogP contribution in [-0.2, 0) is 0 Å². The third kappa shape index (κ3) is 2.54. The van der Waals surface area contributed by atoms with Crippen LogP contribution in [0.15, 0.2) is 0 Å². The van der Waals surface area contributed by atoms with Gasteiger partial charge in [-0.05, 0) is 6.42 Å². The normalized spacial score (nSPS) is 14.5. The quantitative estimate of drug-likeness (QED) is 0.495. The summed E-state index contributed by atoms with van der Waals surface area (Å²) in [6.45, 7) is 2.06. The van der Waals surface area contributed by atoms with Crippen molar-refractivity contribution in [2.75, 3.05) is 5.75 Å². The molecule has 0 bridgehead atoms. The predicted octanol–water partition coefficient (Wildman–Crippen LogP) is 0.653. The monoisotopic (exact) mass is 105 g/mol. The number of rotatable bonds is 2. The largest absolute Gasteiger partial charge is 0.327 e. The maximum absolute atomic E-state index is 5.40. The molecule has 0 fully saturated rings. The van der Waals surface area contributed by atoms with Gasteiger partial charge in [0.05, 0.1) is 0 Å². The summed E-state index contributed by atoms with van der Waals surface area (Å²) in [5, 5.41) is 0. The zero-order valence-electron chi connectivity index (χ0n) is 4.02. The first-order chi connectivity index (χ1) is 2.81. The van der Waals surface area contributed by atoms with Gasteiger partial charge in [-0.2, -0.15) is 12.6 Å². The number of hydrogen-bond acceptors (Lipinski definition) is 2. The third-order valence-corrected chi connectivity index (χ3v) is 1.23. The molecule has 2 N–H and O–H groups in total. The highest BCUT2D eigenvalue weighted by molar-refractivity contribution is 7.80. The minimum atomic E-state index is 0.299. The summed E-state index contributed by atoms with van der Waals surface area (Å²) < 4.78 is 0. The summed E-state index contributed by atoms with van der Waals surface area (Å²) in [4.78, 5) is 0. The molecular weight excluding hydrogens is 94.1 g/mol. The van der Waals surface area contributed by atoms with E-state index in [1.165, 1.54) is 0 Å². The van der Waals surface area contributed by atoms with Crippen molar-refractivity contribution < 1.29 is 0 Å². The van der Waals surface area contributed by atoms with E-state index in [4.69, 9.17) is 5.73 Å². The fourth-order valence-electron chi connectivity index (χ4n) is 0.129. The molecule has 0 aromatic carbocycles. The predicted molar refractivity (Wildman–Crippen MR) is 32.1 cm³/mol. The van der Waals surface area contributed by atoms with Crippen LogP contribution in [0.5, 0.6) is 0 Å². The Hall–Kier alpha value is 0.310. The number of thiol groups is 1. The van der Waals surface area contributed by atoms with Crippen molar-refractivity contribution in [1.29, 1.82) is 0 Å². The molecular formula is C4H11NS. The summed E-state index contributed by atoms with van der Waals surface area (Å²) >= 11 is 3.97. The van der Waals surface area contributed by atoms with E-state index in [9.17, 15) is 0 Å². The second-order valence-electron chi connectivity index (χ2n) is 1.35. The van der Waals surface area contributed by atoms with E-state index >= 15 is 0 Å². The van der Waals surface area contributed by atoms with E-state index in [0.29, 0.717) is 6.04 Å². The molecule has 0 saturated carbocycles. The molecule has 0 aromatic heterocycles. The van der Waals surface area contributed by atoms with Crippen LogP contribution in [-0.4, -0.2) is 11.8 Å². The molecule has 0 aromatic rings. The van der Waals surface area contributed by atoms with Gasteiger partial charge in [0.15, 0.2) is 0 Å². The van der Waals surface area contributed by atoms with E-state index in [2.05, 4.69) is 19.6 Å². The fourth-order valence-corrected chi connectivity index (χ4v) is 0.387. The highest BCUT2D eigenvalue weighted by Gasteiger charge is 1.89. The van der Waals surface area contributed by atoms with Crippen molar-refractivity contribution in [2.24, 2.45) is 5.73 Å². The molecule has 1 atom stereocenters. The van der Waals surface area contributed by atoms with E-state index < -0.39 is 0 Å². The first-order valence-corrected chi connectivity index (χ1v) is 2.81. The smallest absolute Gasteiger partial charge is 0.0125 e. The van der Waals surface area contributed by atoms with Gasteiger partial charge in [-0.1, -0.05) is 6.92 Å². The second-order valence-corrected chi connectivity index (χ2v) is 1.72. The van der Waals surface area contributed by atoms with Crippen molar-refractivity contribution in [3.8, 4) is 0 Å². The first-order valence-electron chi connectivity index (χ1n) is 2.17. The molecule has 1 nitrogen and oxygen atoms in total. The van der Waals surface area contributed by atoms with E-state index in [0.717, 1.165) is 12.2 Å². The lowest BCUT2D eigenvalue weighted by atomic mass is 10.3. The van der Waals surface area contributed by atoms with Gasteiger partial charge in [0.1, 0.15) is 0 Å². The van der Waals surface area contributed by atoms with Gasteiger partial charge < -0.3 is 5.73 Å². The van der Waals surface area contributed by atoms with Crippen LogP contribution >= 0.6 is 12.6 Å². The molecule has 0 amide bonds. The molecule has 6 heavy (non-hydrogen) atoms. The van der Waals surface area contributed by atoms with Crippen molar-refractivity contribution in [3.05, 3.63) is 0 Å². The van der Waals surface area contributed by atoms with Crippen LogP contribution in [0.2, 0.25) is 0 Å². The van der Waals surface area contributed by atoms with Crippen molar-refractivity contribution >= 4 is 12.6 Å². The lowest BCUT2D eigenvalue weighted by Crippen LogP contribution is -2.19. The van der Waals surface area contributed by atoms with Crippen LogP contribution < -0.4 is 5.73 Å². The van der Waals surface area contributed by atoms with Gasteiger partial charge in [-0.3, -0.25) is 0 Å². The summed E-state index contributed by atoms with van der Waals surface area (Å²) in [7, 11) is 0. The molecule has 0 spiro atoms. The molecule has 0 heterocycles. The SMILES string of the molecule is CC[C@@H](N)CS. The third-order valence-electron chi connectivity index (χ3n) is 0.759. The number of hydrogen-bond donors (Lipinski definition) is 2. The highest BCUT2D eigenvalue weighted by Crippen LogP contribution is 1.85. The topological polar surface area (TPSA) is 26.0 Å². The number of nitrogens with two attached hydrogens (primary N) is 1. The molecule has 38 valence electrons. The van der Waals surface area contributed by atoms with Crippen molar-refractivity contribution in [1.82, 2.24) is 0 Å². The lowest BCUT2D eigenvalue weighted by Gasteiger charge is -1.99. The molecule has 0 saturated heterocycles. The molecule has 2 heteroatoms. The minimum absolute atomic E-state index is 0.299. The van der Waals surface area contributed by atoms with Gasteiger partial charge in [-0.15, -0.1) is 0 Å². The van der Waals surface area contributed by atoms with E-state index in [1.54, 1.807) is 0 Å². The summed E-state index contributed by atoms with van der Waals surface area (Å²) in [5.74, 6) is 0.802. The Balaban J connectivity index is 2.75. The zero-order valence-corrected chi connectivity index (χ0v) is 4.91. The average molecular weight is 105 g/mol. The Kier molecular flexibility index (Phi) is 3.68. The maximum Gasteiger partial charge on any atom is 0.0125 e. The van der Waals surface area contributed by atoms with Gasteiger partial charge in [-0.25, -0.2) is 0 Å². The van der Waals surface area contributed by atoms with Gasteiger partial charge >= 0.3 is 0 Å². The first kappa shape index (κ1) is 6.31. The highest BCUT2D eigenvalue weighted by atomic mass is 32.1. The average Bonchev–Trinajstić information content (AvgIpc) is 1.65. The maximum atomic E-state index is 5.40. The van der Waals surface area contributed by atoms with Gasteiger partial charge in [0, 0.05) is 11.8 Å². The van der Waals surface area contributed by atoms with E-state index in [-0.39, 0.29) is 0 Å². The Morgan fingerprint density at radius 3 is 2.33 bits per heavy atom. The van der Waals surface area contributed by atoms with E-state index in [1.807, 2.05) is 0 Å². The molecule has 0 unspecified atom stereocenters. The van der Waals surface area contributed by atoms with Crippen LogP contribution in [0, 0.1) is 0 Å². The second kappa shape index (κ2) is 3.50. The fraction of sp³-hybridized carbons (Fsp3) is 1.00. The van der Waals surface area contributed by atoms with Crippen molar-refractivity contribution in [3.63, 3.8) is 0 Å². The Labute approximate surface area is 44.3 Å².